The summed E-state index contributed by atoms with van der Waals surface area (Å²) in [5, 5.41) is 3.08. The van der Waals surface area contributed by atoms with Crippen LogP contribution in [0.15, 0.2) is 18.2 Å². The van der Waals surface area contributed by atoms with Gasteiger partial charge in [-0.05, 0) is 61.6 Å². The zero-order chi connectivity index (χ0) is 13.8. The molecule has 0 spiro atoms. The van der Waals surface area contributed by atoms with Gasteiger partial charge in [0.2, 0.25) is 0 Å². The second-order valence-corrected chi connectivity index (χ2v) is 6.05. The number of rotatable bonds is 4. The van der Waals surface area contributed by atoms with Crippen LogP contribution in [0.25, 0.3) is 0 Å². The van der Waals surface area contributed by atoms with Gasteiger partial charge in [0.15, 0.2) is 0 Å². The van der Waals surface area contributed by atoms with Crippen LogP contribution >= 0.6 is 22.6 Å². The number of esters is 1. The molecule has 1 aromatic rings. The van der Waals surface area contributed by atoms with Gasteiger partial charge in [-0.15, -0.1) is 0 Å². The van der Waals surface area contributed by atoms with Crippen molar-refractivity contribution in [1.82, 2.24) is 0 Å². The maximum absolute atomic E-state index is 12.9. The summed E-state index contributed by atoms with van der Waals surface area (Å²) in [6.07, 6.45) is 0.282. The third-order valence-corrected chi connectivity index (χ3v) is 2.89. The highest BCUT2D eigenvalue weighted by Gasteiger charge is 2.15. The molecule has 0 saturated heterocycles. The molecular weight excluding hydrogens is 348 g/mol. The van der Waals surface area contributed by atoms with E-state index in [-0.39, 0.29) is 18.2 Å². The van der Waals surface area contributed by atoms with Crippen molar-refractivity contribution in [3.05, 3.63) is 27.6 Å². The normalized spacial score (nSPS) is 11.2. The Morgan fingerprint density at radius 1 is 1.44 bits per heavy atom. The topological polar surface area (TPSA) is 38.3 Å². The summed E-state index contributed by atoms with van der Waals surface area (Å²) < 4.78 is 18.8. The number of carbonyl (C=O) groups is 1. The Labute approximate surface area is 120 Å². The molecule has 1 rings (SSSR count). The van der Waals surface area contributed by atoms with Crippen LogP contribution in [0.3, 0.4) is 0 Å². The fraction of sp³-hybridized carbons (Fsp3) is 0.462. The van der Waals surface area contributed by atoms with Crippen molar-refractivity contribution in [2.24, 2.45) is 0 Å². The van der Waals surface area contributed by atoms with Crippen LogP contribution in [0.4, 0.5) is 10.1 Å². The fourth-order valence-electron chi connectivity index (χ4n) is 1.32. The Bertz CT molecular complexity index is 429. The Morgan fingerprint density at radius 2 is 2.11 bits per heavy atom. The third kappa shape index (κ3) is 5.66. The summed E-state index contributed by atoms with van der Waals surface area (Å²) in [6.45, 7) is 5.97. The average molecular weight is 365 g/mol. The van der Waals surface area contributed by atoms with Gasteiger partial charge >= 0.3 is 5.97 Å². The van der Waals surface area contributed by atoms with E-state index < -0.39 is 5.60 Å². The van der Waals surface area contributed by atoms with E-state index in [4.69, 9.17) is 4.74 Å². The number of ether oxygens (including phenoxy) is 1. The highest BCUT2D eigenvalue weighted by Crippen LogP contribution is 2.19. The van der Waals surface area contributed by atoms with Gasteiger partial charge in [0.25, 0.3) is 0 Å². The molecule has 0 aliphatic rings. The van der Waals surface area contributed by atoms with E-state index in [1.165, 1.54) is 12.1 Å². The van der Waals surface area contributed by atoms with E-state index in [9.17, 15) is 9.18 Å². The highest BCUT2D eigenvalue weighted by molar-refractivity contribution is 14.1. The van der Waals surface area contributed by atoms with E-state index in [1.807, 2.05) is 43.4 Å². The molecular formula is C13H17FINO2. The lowest BCUT2D eigenvalue weighted by Gasteiger charge is -2.19. The summed E-state index contributed by atoms with van der Waals surface area (Å²) in [4.78, 5) is 11.5. The van der Waals surface area contributed by atoms with E-state index >= 15 is 0 Å². The predicted octanol–water partition coefficient (Wildman–Crippen LogP) is 3.57. The van der Waals surface area contributed by atoms with E-state index in [2.05, 4.69) is 5.32 Å². The maximum atomic E-state index is 12.9. The van der Waals surface area contributed by atoms with Crippen LogP contribution in [-0.4, -0.2) is 18.1 Å². The molecule has 1 aromatic carbocycles. The van der Waals surface area contributed by atoms with Crippen LogP contribution in [0.1, 0.15) is 27.2 Å². The van der Waals surface area contributed by atoms with Gasteiger partial charge in [0.1, 0.15) is 11.4 Å². The molecule has 0 bridgehead atoms. The molecule has 0 heterocycles. The Hall–Kier alpha value is -0.850. The second-order valence-electron chi connectivity index (χ2n) is 4.89. The summed E-state index contributed by atoms with van der Waals surface area (Å²) in [5.74, 6) is -0.510. The van der Waals surface area contributed by atoms with E-state index in [0.29, 0.717) is 6.54 Å². The van der Waals surface area contributed by atoms with Crippen molar-refractivity contribution in [1.29, 1.82) is 0 Å². The molecule has 0 saturated carbocycles. The summed E-state index contributed by atoms with van der Waals surface area (Å²) in [6, 6.07) is 4.49. The lowest BCUT2D eigenvalue weighted by atomic mass is 10.2. The lowest BCUT2D eigenvalue weighted by molar-refractivity contribution is -0.154. The molecule has 0 aliphatic carbocycles. The van der Waals surface area contributed by atoms with Crippen molar-refractivity contribution in [2.75, 3.05) is 11.9 Å². The summed E-state index contributed by atoms with van der Waals surface area (Å²) in [7, 11) is 0. The molecule has 3 nitrogen and oxygen atoms in total. The highest BCUT2D eigenvalue weighted by atomic mass is 127. The van der Waals surface area contributed by atoms with Crippen LogP contribution in [0, 0.1) is 9.39 Å². The monoisotopic (exact) mass is 365 g/mol. The molecule has 5 heteroatoms. The van der Waals surface area contributed by atoms with Gasteiger partial charge in [-0.2, -0.15) is 0 Å². The molecule has 0 aliphatic heterocycles. The number of nitrogens with one attached hydrogen (secondary N) is 1. The van der Waals surface area contributed by atoms with Crippen molar-refractivity contribution < 1.29 is 13.9 Å². The first-order valence-electron chi connectivity index (χ1n) is 5.69. The van der Waals surface area contributed by atoms with Crippen LogP contribution in [0.5, 0.6) is 0 Å². The van der Waals surface area contributed by atoms with Crippen LogP contribution in [0.2, 0.25) is 0 Å². The number of benzene rings is 1. The van der Waals surface area contributed by atoms with Gasteiger partial charge in [0.05, 0.1) is 6.42 Å². The van der Waals surface area contributed by atoms with Gasteiger partial charge < -0.3 is 10.1 Å². The molecule has 1 N–H and O–H groups in total. The molecule has 100 valence electrons. The summed E-state index contributed by atoms with van der Waals surface area (Å²) >= 11 is 2.05. The quantitative estimate of drug-likeness (QED) is 0.655. The van der Waals surface area contributed by atoms with Crippen LogP contribution < -0.4 is 5.32 Å². The van der Waals surface area contributed by atoms with E-state index in [0.717, 1.165) is 9.26 Å². The smallest absolute Gasteiger partial charge is 0.308 e. The number of hydrogen-bond acceptors (Lipinski definition) is 3. The van der Waals surface area contributed by atoms with Gasteiger partial charge in [0, 0.05) is 15.8 Å². The van der Waals surface area contributed by atoms with Crippen molar-refractivity contribution in [3.8, 4) is 0 Å². The van der Waals surface area contributed by atoms with Crippen molar-refractivity contribution >= 4 is 34.2 Å². The van der Waals surface area contributed by atoms with Crippen molar-refractivity contribution in [2.45, 2.75) is 32.8 Å². The molecule has 0 atom stereocenters. The van der Waals surface area contributed by atoms with Crippen molar-refractivity contribution in [3.63, 3.8) is 0 Å². The SMILES string of the molecule is CC(C)(C)OC(=O)CCNc1ccc(F)cc1I. The lowest BCUT2D eigenvalue weighted by Crippen LogP contribution is -2.25. The first kappa shape index (κ1) is 15.2. The zero-order valence-electron chi connectivity index (χ0n) is 10.7. The third-order valence-electron chi connectivity index (χ3n) is 2.00. The predicted molar refractivity (Wildman–Crippen MR) is 78.1 cm³/mol. The first-order chi connectivity index (χ1) is 8.28. The fourth-order valence-corrected chi connectivity index (χ4v) is 1.99. The largest absolute Gasteiger partial charge is 0.460 e. The Balaban J connectivity index is 2.40. The van der Waals surface area contributed by atoms with Crippen LogP contribution in [-0.2, 0) is 9.53 Å². The number of anilines is 1. The molecule has 0 amide bonds. The maximum Gasteiger partial charge on any atom is 0.308 e. The number of carbonyl (C=O) groups excluding carboxylic acids is 1. The van der Waals surface area contributed by atoms with E-state index in [1.54, 1.807) is 6.07 Å². The minimum Gasteiger partial charge on any atom is -0.460 e. The minimum absolute atomic E-state index is 0.243. The van der Waals surface area contributed by atoms with Gasteiger partial charge in [-0.3, -0.25) is 4.79 Å². The second kappa shape index (κ2) is 6.36. The number of hydrogen-bond donors (Lipinski definition) is 1. The molecule has 0 fully saturated rings. The molecule has 18 heavy (non-hydrogen) atoms. The van der Waals surface area contributed by atoms with Gasteiger partial charge in [-0.1, -0.05) is 0 Å². The Kier molecular flexibility index (Phi) is 5.37. The zero-order valence-corrected chi connectivity index (χ0v) is 12.9. The summed E-state index contributed by atoms with van der Waals surface area (Å²) in [5.41, 5.74) is 0.363. The standard InChI is InChI=1S/C13H17FINO2/c1-13(2,3)18-12(17)6-7-16-11-5-4-9(14)8-10(11)15/h4-5,8,16H,6-7H2,1-3H3. The van der Waals surface area contributed by atoms with Gasteiger partial charge in [-0.25, -0.2) is 4.39 Å². The average Bonchev–Trinajstić information content (AvgIpc) is 2.18. The molecule has 0 radical (unpaired) electrons. The number of halogens is 2. The Morgan fingerprint density at radius 3 is 2.67 bits per heavy atom. The molecule has 0 aromatic heterocycles. The first-order valence-corrected chi connectivity index (χ1v) is 6.76. The molecule has 0 unspecified atom stereocenters. The minimum atomic E-state index is -0.457.